The summed E-state index contributed by atoms with van der Waals surface area (Å²) >= 11 is 6.13. The third-order valence-corrected chi connectivity index (χ3v) is 5.48. The minimum Gasteiger partial charge on any atom is -0.497 e. The Morgan fingerprint density at radius 3 is 2.62 bits per heavy atom. The quantitative estimate of drug-likeness (QED) is 0.357. The Morgan fingerprint density at radius 1 is 1.06 bits per heavy atom. The van der Waals surface area contributed by atoms with Gasteiger partial charge in [0.25, 0.3) is 0 Å². The number of nitrogens with two attached hydrogens (primary N) is 1. The Labute approximate surface area is 191 Å². The lowest BCUT2D eigenvalue weighted by molar-refractivity contribution is 0.0983. The van der Waals surface area contributed by atoms with Gasteiger partial charge in [0.1, 0.15) is 17.4 Å². The molecule has 0 bridgehead atoms. The predicted octanol–water partition coefficient (Wildman–Crippen LogP) is 5.30. The maximum Gasteiger partial charge on any atom is 0.166 e. The molecule has 0 saturated heterocycles. The van der Waals surface area contributed by atoms with Gasteiger partial charge in [-0.3, -0.25) is 4.79 Å². The molecule has 0 fully saturated rings. The number of pyridine rings is 2. The monoisotopic (exact) mass is 446 g/mol. The molecule has 0 aliphatic rings. The smallest absolute Gasteiger partial charge is 0.166 e. The average Bonchev–Trinajstić information content (AvgIpc) is 2.82. The second-order valence-corrected chi connectivity index (χ2v) is 7.86. The molecule has 2 heterocycles. The molecule has 0 aliphatic heterocycles. The van der Waals surface area contributed by atoms with Crippen molar-refractivity contribution in [3.8, 4) is 5.75 Å². The summed E-state index contributed by atoms with van der Waals surface area (Å²) in [5.41, 5.74) is 8.51. The van der Waals surface area contributed by atoms with Crippen LogP contribution in [0.4, 0.5) is 11.6 Å². The second-order valence-electron chi connectivity index (χ2n) is 7.43. The highest BCUT2D eigenvalue weighted by Gasteiger charge is 2.14. The molecule has 2 aromatic heterocycles. The Morgan fingerprint density at radius 2 is 1.84 bits per heavy atom. The molecule has 7 heteroatoms. The first-order valence-corrected chi connectivity index (χ1v) is 10.6. The van der Waals surface area contributed by atoms with E-state index in [-0.39, 0.29) is 5.78 Å². The number of carbonyl (C=O) groups is 1. The maximum atomic E-state index is 13.0. The van der Waals surface area contributed by atoms with E-state index in [1.54, 1.807) is 19.4 Å². The fourth-order valence-corrected chi connectivity index (χ4v) is 3.68. The molecule has 3 N–H and O–H groups in total. The molecule has 0 saturated carbocycles. The van der Waals surface area contributed by atoms with E-state index in [1.165, 1.54) is 6.20 Å². The number of nitrogens with one attached hydrogen (secondary N) is 1. The first kappa shape index (κ1) is 21.6. The maximum absolute atomic E-state index is 13.0. The number of aromatic nitrogens is 2. The molecule has 162 valence electrons. The zero-order chi connectivity index (χ0) is 22.5. The van der Waals surface area contributed by atoms with Gasteiger partial charge >= 0.3 is 0 Å². The third kappa shape index (κ3) is 4.98. The van der Waals surface area contributed by atoms with Crippen LogP contribution >= 0.6 is 11.6 Å². The summed E-state index contributed by atoms with van der Waals surface area (Å²) in [7, 11) is 1.63. The van der Waals surface area contributed by atoms with Crippen LogP contribution in [0.5, 0.6) is 5.75 Å². The SMILES string of the molecule is COc1ccc(CNc2ncc(Cl)cc2C(=O)CCc2ccc3c(N)nccc3c2)cc1. The van der Waals surface area contributed by atoms with Crippen LogP contribution in [0, 0.1) is 0 Å². The van der Waals surface area contributed by atoms with Gasteiger partial charge in [0.2, 0.25) is 0 Å². The Kier molecular flexibility index (Phi) is 6.52. The largest absolute Gasteiger partial charge is 0.497 e. The molecule has 2 aromatic carbocycles. The van der Waals surface area contributed by atoms with Gasteiger partial charge in [-0.25, -0.2) is 9.97 Å². The van der Waals surface area contributed by atoms with E-state index < -0.39 is 0 Å². The van der Waals surface area contributed by atoms with Crippen molar-refractivity contribution in [2.45, 2.75) is 19.4 Å². The lowest BCUT2D eigenvalue weighted by atomic mass is 10.0. The number of methoxy groups -OCH3 is 1. The Hall–Kier alpha value is -3.64. The number of ketones is 1. The van der Waals surface area contributed by atoms with Crippen LogP contribution in [0.1, 0.15) is 27.9 Å². The highest BCUT2D eigenvalue weighted by Crippen LogP contribution is 2.23. The van der Waals surface area contributed by atoms with Gasteiger partial charge in [0.05, 0.1) is 17.7 Å². The number of ether oxygens (including phenoxy) is 1. The molecule has 6 nitrogen and oxygen atoms in total. The van der Waals surface area contributed by atoms with Crippen LogP contribution in [-0.2, 0) is 13.0 Å². The first-order valence-electron chi connectivity index (χ1n) is 10.2. The number of halogens is 1. The molecule has 0 spiro atoms. The van der Waals surface area contributed by atoms with Crippen molar-refractivity contribution in [2.75, 3.05) is 18.2 Å². The molecule has 0 unspecified atom stereocenters. The number of nitrogens with zero attached hydrogens (tertiary/aromatic N) is 2. The highest BCUT2D eigenvalue weighted by atomic mass is 35.5. The summed E-state index contributed by atoms with van der Waals surface area (Å²) in [5.74, 6) is 1.80. The van der Waals surface area contributed by atoms with E-state index in [4.69, 9.17) is 22.1 Å². The predicted molar refractivity (Wildman–Crippen MR) is 128 cm³/mol. The van der Waals surface area contributed by atoms with Gasteiger partial charge in [-0.05, 0) is 47.2 Å². The third-order valence-electron chi connectivity index (χ3n) is 5.27. The van der Waals surface area contributed by atoms with Crippen LogP contribution in [0.3, 0.4) is 0 Å². The molecule has 32 heavy (non-hydrogen) atoms. The number of anilines is 2. The average molecular weight is 447 g/mol. The van der Waals surface area contributed by atoms with E-state index in [0.717, 1.165) is 27.6 Å². The van der Waals surface area contributed by atoms with Crippen molar-refractivity contribution in [1.29, 1.82) is 0 Å². The molecular weight excluding hydrogens is 424 g/mol. The first-order chi connectivity index (χ1) is 15.5. The van der Waals surface area contributed by atoms with E-state index >= 15 is 0 Å². The lowest BCUT2D eigenvalue weighted by Crippen LogP contribution is -2.10. The zero-order valence-corrected chi connectivity index (χ0v) is 18.4. The molecule has 4 aromatic rings. The molecular formula is C25H23ClN4O2. The van der Waals surface area contributed by atoms with Crippen molar-refractivity contribution in [3.05, 3.63) is 88.7 Å². The number of Topliss-reactive ketones (excluding diaryl/α,β-unsaturated/α-hetero) is 1. The van der Waals surface area contributed by atoms with E-state index in [1.807, 2.05) is 48.5 Å². The van der Waals surface area contributed by atoms with Crippen molar-refractivity contribution in [3.63, 3.8) is 0 Å². The van der Waals surface area contributed by atoms with Gasteiger partial charge in [0.15, 0.2) is 5.78 Å². The molecule has 4 rings (SSSR count). The van der Waals surface area contributed by atoms with Crippen molar-refractivity contribution in [2.24, 2.45) is 0 Å². The number of hydrogen-bond donors (Lipinski definition) is 2. The summed E-state index contributed by atoms with van der Waals surface area (Å²) < 4.78 is 5.19. The Balaban J connectivity index is 1.46. The van der Waals surface area contributed by atoms with Crippen LogP contribution in [-0.4, -0.2) is 22.9 Å². The van der Waals surface area contributed by atoms with Crippen LogP contribution in [0.2, 0.25) is 5.02 Å². The summed E-state index contributed by atoms with van der Waals surface area (Å²) in [5, 5.41) is 5.60. The zero-order valence-electron chi connectivity index (χ0n) is 17.6. The number of rotatable bonds is 8. The number of fused-ring (bicyclic) bond motifs is 1. The van der Waals surface area contributed by atoms with Crippen molar-refractivity contribution < 1.29 is 9.53 Å². The van der Waals surface area contributed by atoms with Crippen molar-refractivity contribution >= 4 is 39.8 Å². The number of carbonyl (C=O) groups excluding carboxylic acids is 1. The Bertz CT molecular complexity index is 1260. The molecule has 0 atom stereocenters. The van der Waals surface area contributed by atoms with E-state index in [9.17, 15) is 4.79 Å². The summed E-state index contributed by atoms with van der Waals surface area (Å²) in [6.07, 6.45) is 4.16. The minimum absolute atomic E-state index is 0.0217. The summed E-state index contributed by atoms with van der Waals surface area (Å²) in [6, 6.07) is 17.3. The number of benzene rings is 2. The van der Waals surface area contributed by atoms with Gasteiger partial charge in [-0.15, -0.1) is 0 Å². The standard InChI is InChI=1S/C25H23ClN4O2/c1-32-20-6-2-17(3-7-20)14-29-25-22(13-19(26)15-30-25)23(31)9-5-16-4-8-21-18(12-16)10-11-28-24(21)27/h2-4,6-8,10-13,15H,5,9,14H2,1H3,(H2,27,28)(H,29,30). The van der Waals surface area contributed by atoms with Crippen LogP contribution in [0.15, 0.2) is 67.0 Å². The number of aryl methyl sites for hydroxylation is 1. The summed E-state index contributed by atoms with van der Waals surface area (Å²) in [6.45, 7) is 0.527. The topological polar surface area (TPSA) is 90.1 Å². The minimum atomic E-state index is -0.0217. The van der Waals surface area contributed by atoms with Crippen LogP contribution in [0.25, 0.3) is 10.8 Å². The number of nitrogen functional groups attached to an aromatic ring is 1. The fraction of sp³-hybridized carbons (Fsp3) is 0.160. The van der Waals surface area contributed by atoms with E-state index in [0.29, 0.717) is 41.6 Å². The van der Waals surface area contributed by atoms with Crippen molar-refractivity contribution in [1.82, 2.24) is 9.97 Å². The fourth-order valence-electron chi connectivity index (χ4n) is 3.52. The molecule has 0 radical (unpaired) electrons. The number of hydrogen-bond acceptors (Lipinski definition) is 6. The van der Waals surface area contributed by atoms with Gasteiger partial charge in [0, 0.05) is 30.7 Å². The lowest BCUT2D eigenvalue weighted by Gasteiger charge is -2.12. The second kappa shape index (κ2) is 9.66. The van der Waals surface area contributed by atoms with Crippen LogP contribution < -0.4 is 15.8 Å². The normalized spacial score (nSPS) is 10.8. The summed E-state index contributed by atoms with van der Waals surface area (Å²) in [4.78, 5) is 21.5. The van der Waals surface area contributed by atoms with Gasteiger partial charge < -0.3 is 15.8 Å². The molecule has 0 aliphatic carbocycles. The highest BCUT2D eigenvalue weighted by molar-refractivity contribution is 6.31. The molecule has 0 amide bonds. The van der Waals surface area contributed by atoms with Gasteiger partial charge in [-0.1, -0.05) is 41.9 Å². The van der Waals surface area contributed by atoms with Gasteiger partial charge in [-0.2, -0.15) is 0 Å². The van der Waals surface area contributed by atoms with E-state index in [2.05, 4.69) is 15.3 Å².